The third-order valence-electron chi connectivity index (χ3n) is 15.6. The zero-order valence-electron chi connectivity index (χ0n) is 50.5. The first-order chi connectivity index (χ1) is 37.0. The molecule has 0 radical (unpaired) electrons. The molecule has 6 heteroatoms. The third-order valence-corrected chi connectivity index (χ3v) is 15.6. The van der Waals surface area contributed by atoms with Crippen molar-refractivity contribution in [1.29, 1.82) is 0 Å². The normalized spacial score (nSPS) is 12.7. The first-order valence-corrected chi connectivity index (χ1v) is 33.8. The van der Waals surface area contributed by atoms with Crippen LogP contribution in [0.25, 0.3) is 0 Å². The quantitative estimate of drug-likeness (QED) is 0.0320. The lowest BCUT2D eigenvalue weighted by molar-refractivity contribution is -0.143. The summed E-state index contributed by atoms with van der Waals surface area (Å²) in [5.74, 6) is -0.0854. The summed E-state index contributed by atoms with van der Waals surface area (Å²) in [5, 5.41) is 23.2. The van der Waals surface area contributed by atoms with Crippen LogP contribution < -0.4 is 5.32 Å². The third kappa shape index (κ3) is 61.2. The molecule has 0 aromatic carbocycles. The van der Waals surface area contributed by atoms with Gasteiger partial charge >= 0.3 is 5.97 Å². The number of esters is 1. The SMILES string of the molecule is CCCCCCCC/C=C\CCCCCCCCCCCC(=O)OCCCCCCCCC/C=C\CCCCCCCC(=O)NC(CO)C(O)/C=C/CCCCCCCCCCCCCCCCCCCCCCC. The second-order valence-electron chi connectivity index (χ2n) is 23.1. The Morgan fingerprint density at radius 1 is 0.360 bits per heavy atom. The maximum atomic E-state index is 12.5. The Bertz CT molecular complexity index is 1210. The molecule has 0 saturated heterocycles. The van der Waals surface area contributed by atoms with Gasteiger partial charge < -0.3 is 20.3 Å². The van der Waals surface area contributed by atoms with Crippen molar-refractivity contribution in [3.8, 4) is 0 Å². The number of hydrogen-bond acceptors (Lipinski definition) is 5. The number of ether oxygens (including phenoxy) is 1. The predicted octanol–water partition coefficient (Wildman–Crippen LogP) is 21.5. The van der Waals surface area contributed by atoms with E-state index in [2.05, 4.69) is 43.5 Å². The van der Waals surface area contributed by atoms with Crippen molar-refractivity contribution >= 4 is 11.9 Å². The van der Waals surface area contributed by atoms with Crippen LogP contribution in [0.3, 0.4) is 0 Å². The van der Waals surface area contributed by atoms with Gasteiger partial charge in [0, 0.05) is 12.8 Å². The Balaban J connectivity index is 3.47. The van der Waals surface area contributed by atoms with E-state index in [1.165, 1.54) is 276 Å². The van der Waals surface area contributed by atoms with Crippen LogP contribution in [0.1, 0.15) is 367 Å². The Morgan fingerprint density at radius 3 is 0.947 bits per heavy atom. The van der Waals surface area contributed by atoms with Crippen molar-refractivity contribution in [1.82, 2.24) is 5.32 Å². The van der Waals surface area contributed by atoms with Crippen LogP contribution in [0.4, 0.5) is 0 Å². The predicted molar refractivity (Wildman–Crippen MR) is 329 cm³/mol. The molecule has 0 bridgehead atoms. The molecule has 6 nitrogen and oxygen atoms in total. The van der Waals surface area contributed by atoms with Gasteiger partial charge in [-0.25, -0.2) is 0 Å². The van der Waals surface area contributed by atoms with Gasteiger partial charge in [-0.3, -0.25) is 9.59 Å². The fraction of sp³-hybridized carbons (Fsp3) is 0.884. The van der Waals surface area contributed by atoms with Gasteiger partial charge in [0.05, 0.1) is 25.4 Å². The van der Waals surface area contributed by atoms with E-state index in [-0.39, 0.29) is 18.5 Å². The molecule has 0 heterocycles. The minimum Gasteiger partial charge on any atom is -0.466 e. The summed E-state index contributed by atoms with van der Waals surface area (Å²) in [6.45, 7) is 4.90. The monoisotopic (exact) mass is 1050 g/mol. The van der Waals surface area contributed by atoms with Gasteiger partial charge in [-0.05, 0) is 83.5 Å². The second kappa shape index (κ2) is 64.6. The van der Waals surface area contributed by atoms with Crippen LogP contribution in [-0.4, -0.2) is 47.4 Å². The van der Waals surface area contributed by atoms with E-state index in [0.29, 0.717) is 19.4 Å². The lowest BCUT2D eigenvalue weighted by atomic mass is 10.0. The average Bonchev–Trinajstić information content (AvgIpc) is 3.41. The lowest BCUT2D eigenvalue weighted by Crippen LogP contribution is -2.45. The summed E-state index contributed by atoms with van der Waals surface area (Å²) in [6.07, 6.45) is 82.0. The fourth-order valence-electron chi connectivity index (χ4n) is 10.4. The number of nitrogens with one attached hydrogen (secondary N) is 1. The lowest BCUT2D eigenvalue weighted by Gasteiger charge is -2.20. The van der Waals surface area contributed by atoms with Crippen molar-refractivity contribution in [2.75, 3.05) is 13.2 Å². The number of rotatable bonds is 63. The number of carbonyl (C=O) groups is 2. The van der Waals surface area contributed by atoms with Crippen LogP contribution in [0.15, 0.2) is 36.5 Å². The molecule has 0 aliphatic heterocycles. The summed E-state index contributed by atoms with van der Waals surface area (Å²) in [7, 11) is 0. The van der Waals surface area contributed by atoms with Crippen LogP contribution in [0.2, 0.25) is 0 Å². The van der Waals surface area contributed by atoms with Crippen molar-refractivity contribution in [2.24, 2.45) is 0 Å². The number of carbonyl (C=O) groups excluding carboxylic acids is 2. The zero-order chi connectivity index (χ0) is 54.3. The second-order valence-corrected chi connectivity index (χ2v) is 23.1. The highest BCUT2D eigenvalue weighted by molar-refractivity contribution is 5.76. The van der Waals surface area contributed by atoms with Crippen LogP contribution in [0, 0.1) is 0 Å². The molecule has 0 rings (SSSR count). The van der Waals surface area contributed by atoms with Crippen molar-refractivity contribution in [3.63, 3.8) is 0 Å². The molecule has 0 aromatic heterocycles. The molecule has 3 N–H and O–H groups in total. The highest BCUT2D eigenvalue weighted by atomic mass is 16.5. The van der Waals surface area contributed by atoms with E-state index in [1.807, 2.05) is 6.08 Å². The van der Waals surface area contributed by atoms with Gasteiger partial charge in [0.1, 0.15) is 0 Å². The fourth-order valence-corrected chi connectivity index (χ4v) is 10.4. The van der Waals surface area contributed by atoms with E-state index in [4.69, 9.17) is 4.74 Å². The smallest absolute Gasteiger partial charge is 0.305 e. The topological polar surface area (TPSA) is 95.9 Å². The van der Waals surface area contributed by atoms with E-state index < -0.39 is 12.1 Å². The molecule has 442 valence electrons. The number of aliphatic hydroxyl groups excluding tert-OH is 2. The number of amides is 1. The van der Waals surface area contributed by atoms with E-state index >= 15 is 0 Å². The van der Waals surface area contributed by atoms with Gasteiger partial charge in [-0.2, -0.15) is 0 Å². The van der Waals surface area contributed by atoms with Crippen molar-refractivity contribution in [2.45, 2.75) is 379 Å². The summed E-state index contributed by atoms with van der Waals surface area (Å²) in [6, 6.07) is -0.642. The zero-order valence-corrected chi connectivity index (χ0v) is 50.5. The van der Waals surface area contributed by atoms with E-state index in [0.717, 1.165) is 64.2 Å². The first kappa shape index (κ1) is 73.1. The van der Waals surface area contributed by atoms with Gasteiger partial charge in [-0.1, -0.05) is 307 Å². The number of aliphatic hydroxyl groups is 2. The molecule has 0 saturated carbocycles. The molecule has 75 heavy (non-hydrogen) atoms. The molecule has 0 aromatic rings. The van der Waals surface area contributed by atoms with E-state index in [9.17, 15) is 19.8 Å². The van der Waals surface area contributed by atoms with Gasteiger partial charge in [0.2, 0.25) is 5.91 Å². The van der Waals surface area contributed by atoms with Gasteiger partial charge in [0.15, 0.2) is 0 Å². The minimum atomic E-state index is -0.857. The molecule has 2 atom stereocenters. The summed E-state index contributed by atoms with van der Waals surface area (Å²) < 4.78 is 5.49. The minimum absolute atomic E-state index is 0.00362. The average molecular weight is 1050 g/mol. The molecular formula is C69H131NO5. The highest BCUT2D eigenvalue weighted by Gasteiger charge is 2.18. The van der Waals surface area contributed by atoms with Crippen LogP contribution >= 0.6 is 0 Å². The van der Waals surface area contributed by atoms with Gasteiger partial charge in [-0.15, -0.1) is 0 Å². The molecule has 0 fully saturated rings. The van der Waals surface area contributed by atoms with Crippen molar-refractivity contribution in [3.05, 3.63) is 36.5 Å². The Morgan fingerprint density at radius 2 is 0.627 bits per heavy atom. The Hall–Kier alpha value is -1.92. The Kier molecular flexibility index (Phi) is 63.0. The number of unbranched alkanes of at least 4 members (excludes halogenated alkanes) is 48. The number of hydrogen-bond donors (Lipinski definition) is 3. The number of allylic oxidation sites excluding steroid dienone is 5. The molecule has 1 amide bonds. The van der Waals surface area contributed by atoms with Crippen LogP contribution in [-0.2, 0) is 14.3 Å². The highest BCUT2D eigenvalue weighted by Crippen LogP contribution is 2.18. The molecule has 2 unspecified atom stereocenters. The molecule has 0 spiro atoms. The molecule has 0 aliphatic carbocycles. The summed E-state index contributed by atoms with van der Waals surface area (Å²) in [4.78, 5) is 24.6. The largest absolute Gasteiger partial charge is 0.466 e. The summed E-state index contributed by atoms with van der Waals surface area (Å²) >= 11 is 0. The maximum absolute atomic E-state index is 12.5. The van der Waals surface area contributed by atoms with Crippen molar-refractivity contribution < 1.29 is 24.5 Å². The van der Waals surface area contributed by atoms with Gasteiger partial charge in [0.25, 0.3) is 0 Å². The van der Waals surface area contributed by atoms with E-state index in [1.54, 1.807) is 6.08 Å². The summed E-state index contributed by atoms with van der Waals surface area (Å²) in [5.41, 5.74) is 0. The maximum Gasteiger partial charge on any atom is 0.305 e. The standard InChI is InChI=1S/C69H131NO5/c1-3-5-7-9-11-13-15-17-19-21-23-24-25-26-28-29-33-37-41-45-49-53-57-61-67(72)66(65-71)70-68(73)62-58-54-50-46-42-38-34-31-32-36-40-44-48-52-56-60-64-75-69(74)63-59-55-51-47-43-39-35-30-27-22-20-18-16-14-12-10-8-6-4-2/h18,20,31,34,57,61,66-67,71-72H,3-17,19,21-30,32-33,35-56,58-60,62-65H2,1-2H3,(H,70,73)/b20-18-,34-31-,61-57+. The molecule has 0 aliphatic rings. The Labute approximate surface area is 468 Å². The first-order valence-electron chi connectivity index (χ1n) is 33.8. The van der Waals surface area contributed by atoms with Crippen LogP contribution in [0.5, 0.6) is 0 Å². The molecular weight excluding hydrogens is 923 g/mol.